The summed E-state index contributed by atoms with van der Waals surface area (Å²) in [7, 11) is 1.91. The summed E-state index contributed by atoms with van der Waals surface area (Å²) >= 11 is 1.54. The standard InChI is InChI=1S/C30H43N3O4S/c1-20(12-13-32-6)10-11-22(3)15-26-18-28-33-27(19-38-28)23(4)16-25(31)17-30(35)36-24(5)14-21(2)8-7-9-29(34)37-26/h7-12,15,19,23-26,32H,13-14,16-18,31H2,1-6H3/b9-7-,11-10+,20-12+,21-8?,22-15+. The van der Waals surface area contributed by atoms with Crippen molar-refractivity contribution in [3.8, 4) is 0 Å². The molecule has 0 aromatic carbocycles. The number of ether oxygens (including phenoxy) is 2. The Morgan fingerprint density at radius 3 is 2.63 bits per heavy atom. The van der Waals surface area contributed by atoms with Gasteiger partial charge in [0.25, 0.3) is 0 Å². The van der Waals surface area contributed by atoms with Gasteiger partial charge in [-0.05, 0) is 47.2 Å². The number of thiazole rings is 1. The summed E-state index contributed by atoms with van der Waals surface area (Å²) in [4.78, 5) is 29.8. The number of rotatable bonds is 5. The van der Waals surface area contributed by atoms with Crippen LogP contribution in [0.3, 0.4) is 0 Å². The highest BCUT2D eigenvalue weighted by Gasteiger charge is 2.20. The lowest BCUT2D eigenvalue weighted by molar-refractivity contribution is -0.148. The zero-order valence-corrected chi connectivity index (χ0v) is 24.3. The van der Waals surface area contributed by atoms with Gasteiger partial charge in [0.1, 0.15) is 12.2 Å². The minimum atomic E-state index is -0.465. The molecule has 4 unspecified atom stereocenters. The molecule has 4 atom stereocenters. The van der Waals surface area contributed by atoms with Gasteiger partial charge in [-0.1, -0.05) is 54.0 Å². The molecule has 1 aliphatic rings. The number of aromatic nitrogens is 1. The van der Waals surface area contributed by atoms with Gasteiger partial charge < -0.3 is 20.5 Å². The first-order chi connectivity index (χ1) is 18.0. The van der Waals surface area contributed by atoms with Crippen LogP contribution in [0.25, 0.3) is 0 Å². The van der Waals surface area contributed by atoms with Crippen molar-refractivity contribution in [2.24, 2.45) is 5.73 Å². The fraction of sp³-hybridized carbons (Fsp3) is 0.500. The van der Waals surface area contributed by atoms with Crippen LogP contribution in [0.5, 0.6) is 0 Å². The molecule has 208 valence electrons. The normalized spacial score (nSPS) is 26.1. The van der Waals surface area contributed by atoms with E-state index in [0.29, 0.717) is 19.3 Å². The van der Waals surface area contributed by atoms with Gasteiger partial charge in [-0.2, -0.15) is 0 Å². The summed E-state index contributed by atoms with van der Waals surface area (Å²) < 4.78 is 11.4. The molecule has 2 rings (SSSR count). The van der Waals surface area contributed by atoms with E-state index in [1.54, 1.807) is 6.08 Å². The molecule has 8 heteroatoms. The summed E-state index contributed by atoms with van der Waals surface area (Å²) in [6.07, 6.45) is 14.1. The summed E-state index contributed by atoms with van der Waals surface area (Å²) in [6, 6.07) is -0.312. The average Bonchev–Trinajstić information content (AvgIpc) is 3.29. The third-order valence-electron chi connectivity index (χ3n) is 6.04. The van der Waals surface area contributed by atoms with Crippen molar-refractivity contribution in [2.45, 2.75) is 84.5 Å². The predicted molar refractivity (Wildman–Crippen MR) is 155 cm³/mol. The van der Waals surface area contributed by atoms with Crippen molar-refractivity contribution in [3.63, 3.8) is 0 Å². The van der Waals surface area contributed by atoms with Crippen LogP contribution in [0.2, 0.25) is 0 Å². The first-order valence-electron chi connectivity index (χ1n) is 13.2. The lowest BCUT2D eigenvalue weighted by atomic mass is 9.98. The summed E-state index contributed by atoms with van der Waals surface area (Å²) in [6.45, 7) is 10.7. The van der Waals surface area contributed by atoms with Gasteiger partial charge in [0.15, 0.2) is 0 Å². The smallest absolute Gasteiger partial charge is 0.331 e. The molecular formula is C30H43N3O4S. The average molecular weight is 542 g/mol. The molecule has 1 aliphatic heterocycles. The molecule has 0 amide bonds. The number of nitrogens with one attached hydrogen (secondary N) is 1. The molecule has 0 saturated heterocycles. The number of hydrogen-bond acceptors (Lipinski definition) is 8. The number of cyclic esters (lactones) is 2. The van der Waals surface area contributed by atoms with Crippen LogP contribution >= 0.6 is 11.3 Å². The van der Waals surface area contributed by atoms with Crippen LogP contribution < -0.4 is 11.1 Å². The second-order valence-electron chi connectivity index (χ2n) is 10.1. The van der Waals surface area contributed by atoms with Crippen molar-refractivity contribution in [1.82, 2.24) is 10.3 Å². The minimum Gasteiger partial charge on any atom is -0.462 e. The Bertz CT molecular complexity index is 1080. The third-order valence-corrected chi connectivity index (χ3v) is 6.93. The Morgan fingerprint density at radius 1 is 1.16 bits per heavy atom. The van der Waals surface area contributed by atoms with E-state index in [1.807, 2.05) is 64.4 Å². The molecule has 2 bridgehead atoms. The molecule has 0 saturated carbocycles. The zero-order valence-electron chi connectivity index (χ0n) is 23.5. The molecular weight excluding hydrogens is 498 g/mol. The number of nitrogens with two attached hydrogens (primary N) is 1. The van der Waals surface area contributed by atoms with Crippen LogP contribution in [0.15, 0.2) is 64.6 Å². The number of likely N-dealkylation sites (N-methyl/N-ethyl adjacent to an activating group) is 1. The molecule has 7 nitrogen and oxygen atoms in total. The lowest BCUT2D eigenvalue weighted by Gasteiger charge is -2.18. The van der Waals surface area contributed by atoms with Gasteiger partial charge in [-0.3, -0.25) is 4.79 Å². The van der Waals surface area contributed by atoms with E-state index in [4.69, 9.17) is 20.2 Å². The molecule has 0 fully saturated rings. The number of nitrogens with zero attached hydrogens (tertiary/aromatic N) is 1. The molecule has 3 N–H and O–H groups in total. The van der Waals surface area contributed by atoms with Crippen molar-refractivity contribution in [3.05, 3.63) is 75.3 Å². The summed E-state index contributed by atoms with van der Waals surface area (Å²) in [5.74, 6) is -0.637. The van der Waals surface area contributed by atoms with Gasteiger partial charge in [0.2, 0.25) is 0 Å². The van der Waals surface area contributed by atoms with Crippen LogP contribution in [0, 0.1) is 0 Å². The summed E-state index contributed by atoms with van der Waals surface area (Å²) in [5, 5.41) is 6.00. The summed E-state index contributed by atoms with van der Waals surface area (Å²) in [5.41, 5.74) is 10.3. The molecule has 0 aliphatic carbocycles. The SMILES string of the molecule is CNC/C=C(C)/C=C/C(C)=C/C1Cc2nc(cs2)C(C)CC(N)CC(=O)OC(C)CC(C)=C/C=C\C(=O)O1. The van der Waals surface area contributed by atoms with Gasteiger partial charge >= 0.3 is 11.9 Å². The highest BCUT2D eigenvalue weighted by Crippen LogP contribution is 2.25. The Morgan fingerprint density at radius 2 is 1.89 bits per heavy atom. The number of carbonyl (C=O) groups is 2. The van der Waals surface area contributed by atoms with E-state index in [0.717, 1.165) is 34.0 Å². The number of hydrogen-bond donors (Lipinski definition) is 2. The molecule has 1 aromatic rings. The van der Waals surface area contributed by atoms with E-state index in [1.165, 1.54) is 17.4 Å². The maximum Gasteiger partial charge on any atom is 0.331 e. The monoisotopic (exact) mass is 541 g/mol. The maximum absolute atomic E-state index is 12.7. The second-order valence-corrected chi connectivity index (χ2v) is 11.0. The van der Waals surface area contributed by atoms with Crippen molar-refractivity contribution >= 4 is 23.3 Å². The first-order valence-corrected chi connectivity index (χ1v) is 14.0. The molecule has 2 heterocycles. The van der Waals surface area contributed by atoms with E-state index < -0.39 is 12.1 Å². The van der Waals surface area contributed by atoms with Gasteiger partial charge in [0.05, 0.1) is 17.1 Å². The van der Waals surface area contributed by atoms with Gasteiger partial charge in [-0.15, -0.1) is 11.3 Å². The Balaban J connectivity index is 2.30. The fourth-order valence-electron chi connectivity index (χ4n) is 4.08. The maximum atomic E-state index is 12.7. The molecule has 38 heavy (non-hydrogen) atoms. The van der Waals surface area contributed by atoms with Gasteiger partial charge in [0, 0.05) is 42.8 Å². The first kappa shape index (κ1) is 31.4. The Kier molecular flexibility index (Phi) is 13.4. The van der Waals surface area contributed by atoms with E-state index >= 15 is 0 Å². The number of carbonyl (C=O) groups excluding carboxylic acids is 2. The van der Waals surface area contributed by atoms with Crippen LogP contribution in [-0.2, 0) is 25.5 Å². The number of allylic oxidation sites excluding steroid dienone is 6. The molecule has 0 radical (unpaired) electrons. The van der Waals surface area contributed by atoms with Crippen molar-refractivity contribution in [2.75, 3.05) is 13.6 Å². The van der Waals surface area contributed by atoms with Crippen LogP contribution in [-0.4, -0.2) is 48.8 Å². The largest absolute Gasteiger partial charge is 0.462 e. The highest BCUT2D eigenvalue weighted by atomic mass is 32.1. The lowest BCUT2D eigenvalue weighted by Crippen LogP contribution is -2.28. The topological polar surface area (TPSA) is 104 Å². The fourth-order valence-corrected chi connectivity index (χ4v) is 5.04. The quantitative estimate of drug-likeness (QED) is 0.384. The highest BCUT2D eigenvalue weighted by molar-refractivity contribution is 7.09. The predicted octanol–water partition coefficient (Wildman–Crippen LogP) is 5.31. The zero-order chi connectivity index (χ0) is 28.1. The van der Waals surface area contributed by atoms with E-state index in [9.17, 15) is 9.59 Å². The molecule has 0 spiro atoms. The van der Waals surface area contributed by atoms with Crippen molar-refractivity contribution in [1.29, 1.82) is 0 Å². The van der Waals surface area contributed by atoms with Crippen LogP contribution in [0.1, 0.15) is 70.5 Å². The van der Waals surface area contributed by atoms with E-state index in [-0.39, 0.29) is 30.5 Å². The Labute approximate surface area is 231 Å². The Hall–Kier alpha value is -2.81. The minimum absolute atomic E-state index is 0.0870. The molecule has 1 aromatic heterocycles. The number of esters is 2. The van der Waals surface area contributed by atoms with Crippen LogP contribution in [0.4, 0.5) is 0 Å². The number of fused-ring (bicyclic) bond motifs is 2. The van der Waals surface area contributed by atoms with E-state index in [2.05, 4.69) is 18.3 Å². The van der Waals surface area contributed by atoms with Crippen molar-refractivity contribution < 1.29 is 19.1 Å². The van der Waals surface area contributed by atoms with Gasteiger partial charge in [-0.25, -0.2) is 9.78 Å². The second kappa shape index (κ2) is 16.2. The third kappa shape index (κ3) is 12.2.